The van der Waals surface area contributed by atoms with Crippen molar-refractivity contribution in [3.63, 3.8) is 0 Å². The number of aliphatic hydroxyl groups excluding tert-OH is 1. The van der Waals surface area contributed by atoms with Gasteiger partial charge in [-0.1, -0.05) is 41.9 Å². The number of nitrogens with one attached hydrogen (secondary N) is 2. The summed E-state index contributed by atoms with van der Waals surface area (Å²) in [6.07, 6.45) is 0.495. The van der Waals surface area contributed by atoms with Gasteiger partial charge in [0.2, 0.25) is 11.9 Å². The number of methoxy groups -OCH3 is 1. The molecule has 4 aromatic rings. The van der Waals surface area contributed by atoms with Crippen molar-refractivity contribution < 1.29 is 9.84 Å². The lowest BCUT2D eigenvalue weighted by Gasteiger charge is -2.11. The molecule has 0 aliphatic carbocycles. The Hall–Kier alpha value is -3.68. The number of benzene rings is 3. The van der Waals surface area contributed by atoms with Crippen LogP contribution in [0.1, 0.15) is 17.0 Å². The lowest BCUT2D eigenvalue weighted by Crippen LogP contribution is -2.08. The predicted octanol–water partition coefficient (Wildman–Crippen LogP) is 5.10. The molecule has 0 saturated heterocycles. The summed E-state index contributed by atoms with van der Waals surface area (Å²) in [5, 5.41) is 16.4. The molecule has 0 bridgehead atoms. The monoisotopic (exact) mass is 447 g/mol. The van der Waals surface area contributed by atoms with Gasteiger partial charge in [-0.15, -0.1) is 0 Å². The van der Waals surface area contributed by atoms with E-state index in [4.69, 9.17) is 16.3 Å². The highest BCUT2D eigenvalue weighted by Crippen LogP contribution is 2.22. The summed E-state index contributed by atoms with van der Waals surface area (Å²) in [6.45, 7) is -0.0462. The van der Waals surface area contributed by atoms with Crippen molar-refractivity contribution in [2.45, 2.75) is 13.0 Å². The highest BCUT2D eigenvalue weighted by atomic mass is 35.5. The van der Waals surface area contributed by atoms with Crippen molar-refractivity contribution in [3.05, 3.63) is 94.8 Å². The second-order valence-corrected chi connectivity index (χ2v) is 7.48. The molecular weight excluding hydrogens is 426 g/mol. The zero-order valence-corrected chi connectivity index (χ0v) is 18.2. The van der Waals surface area contributed by atoms with Gasteiger partial charge in [-0.25, -0.2) is 0 Å². The fraction of sp³-hybridized carbons (Fsp3) is 0.125. The summed E-state index contributed by atoms with van der Waals surface area (Å²) in [6, 6.07) is 22.5. The van der Waals surface area contributed by atoms with E-state index in [0.29, 0.717) is 29.2 Å². The van der Waals surface area contributed by atoms with Gasteiger partial charge in [-0.2, -0.15) is 15.0 Å². The molecule has 162 valence electrons. The number of aliphatic hydroxyl groups is 1. The van der Waals surface area contributed by atoms with Crippen LogP contribution in [0.3, 0.4) is 0 Å². The number of nitrogens with zero attached hydrogens (tertiary/aromatic N) is 3. The van der Waals surface area contributed by atoms with Crippen LogP contribution in [-0.2, 0) is 13.0 Å². The molecule has 0 aliphatic rings. The summed E-state index contributed by atoms with van der Waals surface area (Å²) >= 11 is 6.11. The first-order valence-electron chi connectivity index (χ1n) is 9.98. The molecule has 0 saturated carbocycles. The zero-order valence-electron chi connectivity index (χ0n) is 17.4. The fourth-order valence-electron chi connectivity index (χ4n) is 3.15. The van der Waals surface area contributed by atoms with Crippen molar-refractivity contribution in [3.8, 4) is 5.75 Å². The van der Waals surface area contributed by atoms with Gasteiger partial charge in [-0.3, -0.25) is 0 Å². The largest absolute Gasteiger partial charge is 0.497 e. The maximum Gasteiger partial charge on any atom is 0.232 e. The zero-order chi connectivity index (χ0) is 22.3. The van der Waals surface area contributed by atoms with E-state index < -0.39 is 0 Å². The Morgan fingerprint density at radius 3 is 2.16 bits per heavy atom. The Morgan fingerprint density at radius 2 is 1.47 bits per heavy atom. The van der Waals surface area contributed by atoms with Crippen LogP contribution < -0.4 is 15.4 Å². The first kappa shape index (κ1) is 21.5. The second kappa shape index (κ2) is 10.1. The molecule has 0 unspecified atom stereocenters. The SMILES string of the molecule is COc1cccc(Cc2nc(Nc3cccc(Cl)c3)nc(Nc3cccc(CO)c3)n2)c1. The molecule has 0 amide bonds. The minimum atomic E-state index is -0.0462. The number of rotatable bonds is 8. The quantitative estimate of drug-likeness (QED) is 0.346. The first-order valence-corrected chi connectivity index (χ1v) is 10.4. The minimum Gasteiger partial charge on any atom is -0.497 e. The molecule has 0 aliphatic heterocycles. The molecule has 0 atom stereocenters. The maximum atomic E-state index is 9.41. The van der Waals surface area contributed by atoms with E-state index >= 15 is 0 Å². The van der Waals surface area contributed by atoms with E-state index in [-0.39, 0.29) is 6.61 Å². The van der Waals surface area contributed by atoms with Gasteiger partial charge in [0.15, 0.2) is 0 Å². The molecule has 4 rings (SSSR count). The molecule has 0 radical (unpaired) electrons. The molecule has 1 heterocycles. The molecule has 8 heteroatoms. The molecule has 3 N–H and O–H groups in total. The lowest BCUT2D eigenvalue weighted by atomic mass is 10.1. The first-order chi connectivity index (χ1) is 15.6. The summed E-state index contributed by atoms with van der Waals surface area (Å²) in [5.74, 6) is 2.13. The highest BCUT2D eigenvalue weighted by molar-refractivity contribution is 6.30. The molecule has 32 heavy (non-hydrogen) atoms. The van der Waals surface area contributed by atoms with Crippen molar-refractivity contribution in [2.75, 3.05) is 17.7 Å². The third-order valence-corrected chi connectivity index (χ3v) is 4.86. The van der Waals surface area contributed by atoms with Gasteiger partial charge in [0.05, 0.1) is 13.7 Å². The van der Waals surface area contributed by atoms with E-state index in [9.17, 15) is 5.11 Å². The minimum absolute atomic E-state index is 0.0462. The summed E-state index contributed by atoms with van der Waals surface area (Å²) < 4.78 is 5.32. The molecule has 3 aromatic carbocycles. The average Bonchev–Trinajstić information content (AvgIpc) is 2.79. The van der Waals surface area contributed by atoms with Crippen LogP contribution in [-0.4, -0.2) is 27.2 Å². The summed E-state index contributed by atoms with van der Waals surface area (Å²) in [7, 11) is 1.64. The molecule has 1 aromatic heterocycles. The van der Waals surface area contributed by atoms with Crippen LogP contribution in [0.15, 0.2) is 72.8 Å². The number of ether oxygens (including phenoxy) is 1. The number of anilines is 4. The third kappa shape index (κ3) is 5.72. The standard InChI is InChI=1S/C24H22ClN5O2/c1-32-21-10-3-5-16(12-21)13-22-28-23(26-19-8-2-6-17(11-19)15-31)30-24(29-22)27-20-9-4-7-18(25)14-20/h2-12,14,31H,13,15H2,1H3,(H2,26,27,28,29,30). The normalized spacial score (nSPS) is 10.6. The van der Waals surface area contributed by atoms with E-state index in [1.54, 1.807) is 19.2 Å². The van der Waals surface area contributed by atoms with E-state index in [2.05, 4.69) is 25.6 Å². The Morgan fingerprint density at radius 1 is 0.812 bits per heavy atom. The van der Waals surface area contributed by atoms with Crippen molar-refractivity contribution in [1.82, 2.24) is 15.0 Å². The van der Waals surface area contributed by atoms with Crippen LogP contribution in [0.2, 0.25) is 5.02 Å². The average molecular weight is 448 g/mol. The Labute approximate surface area is 191 Å². The van der Waals surface area contributed by atoms with E-state index in [1.807, 2.05) is 60.7 Å². The Bertz CT molecular complexity index is 1150. The van der Waals surface area contributed by atoms with Gasteiger partial charge >= 0.3 is 0 Å². The Balaban J connectivity index is 1.66. The van der Waals surface area contributed by atoms with Gasteiger partial charge in [0.1, 0.15) is 11.6 Å². The van der Waals surface area contributed by atoms with Crippen molar-refractivity contribution in [1.29, 1.82) is 0 Å². The molecule has 0 spiro atoms. The van der Waals surface area contributed by atoms with Crippen molar-refractivity contribution in [2.24, 2.45) is 0 Å². The molecule has 7 nitrogen and oxygen atoms in total. The van der Waals surface area contributed by atoms with Crippen LogP contribution in [0.4, 0.5) is 23.3 Å². The lowest BCUT2D eigenvalue weighted by molar-refractivity contribution is 0.282. The van der Waals surface area contributed by atoms with Crippen molar-refractivity contribution >= 4 is 34.9 Å². The predicted molar refractivity (Wildman–Crippen MR) is 126 cm³/mol. The Kier molecular flexibility index (Phi) is 6.79. The van der Waals surface area contributed by atoms with E-state index in [0.717, 1.165) is 28.3 Å². The number of halogens is 1. The third-order valence-electron chi connectivity index (χ3n) is 4.62. The van der Waals surface area contributed by atoms with Gasteiger partial charge in [0.25, 0.3) is 0 Å². The second-order valence-electron chi connectivity index (χ2n) is 7.05. The smallest absolute Gasteiger partial charge is 0.232 e. The molecular formula is C24H22ClN5O2. The van der Waals surface area contributed by atoms with Gasteiger partial charge < -0.3 is 20.5 Å². The highest BCUT2D eigenvalue weighted by Gasteiger charge is 2.10. The van der Waals surface area contributed by atoms with Gasteiger partial charge in [-0.05, 0) is 53.6 Å². The van der Waals surface area contributed by atoms with Crippen LogP contribution in [0.5, 0.6) is 5.75 Å². The maximum absolute atomic E-state index is 9.41. The number of hydrogen-bond acceptors (Lipinski definition) is 7. The molecule has 0 fully saturated rings. The van der Waals surface area contributed by atoms with E-state index in [1.165, 1.54) is 0 Å². The summed E-state index contributed by atoms with van der Waals surface area (Å²) in [4.78, 5) is 13.7. The van der Waals surface area contributed by atoms with Crippen LogP contribution in [0, 0.1) is 0 Å². The fourth-order valence-corrected chi connectivity index (χ4v) is 3.34. The van der Waals surface area contributed by atoms with Crippen LogP contribution in [0.25, 0.3) is 0 Å². The summed E-state index contributed by atoms with van der Waals surface area (Å²) in [5.41, 5.74) is 3.34. The number of hydrogen-bond donors (Lipinski definition) is 3. The topological polar surface area (TPSA) is 92.2 Å². The van der Waals surface area contributed by atoms with Gasteiger partial charge in [0, 0.05) is 22.8 Å². The van der Waals surface area contributed by atoms with Crippen LogP contribution >= 0.6 is 11.6 Å². The number of aromatic nitrogens is 3.